The Balaban J connectivity index is 0.000000231. The van der Waals surface area contributed by atoms with E-state index in [0.29, 0.717) is 12.4 Å². The third-order valence-corrected chi connectivity index (χ3v) is 5.74. The molecule has 3 aromatic rings. The zero-order chi connectivity index (χ0) is 23.7. The first-order valence-corrected chi connectivity index (χ1v) is 12.0. The van der Waals surface area contributed by atoms with Crippen LogP contribution in [0.2, 0.25) is 0 Å². The van der Waals surface area contributed by atoms with Gasteiger partial charge >= 0.3 is 0 Å². The lowest BCUT2D eigenvalue weighted by Crippen LogP contribution is -2.38. The first kappa shape index (κ1) is 24.7. The fourth-order valence-electron chi connectivity index (χ4n) is 3.93. The number of benzene rings is 3. The van der Waals surface area contributed by atoms with E-state index in [0.717, 1.165) is 25.3 Å². The largest absolute Gasteiger partial charge is 0.508 e. The fraction of sp³-hybridized carbons (Fsp3) is 0.379. The molecule has 3 aromatic carbocycles. The summed E-state index contributed by atoms with van der Waals surface area (Å²) in [6.45, 7) is 8.47. The molecule has 0 fully saturated rings. The Hall–Kier alpha value is -2.98. The molecule has 0 spiro atoms. The van der Waals surface area contributed by atoms with Gasteiger partial charge in [-0.05, 0) is 99.5 Å². The number of ether oxygens (including phenoxy) is 1. The van der Waals surface area contributed by atoms with Crippen LogP contribution >= 0.6 is 0 Å². The van der Waals surface area contributed by atoms with E-state index in [4.69, 9.17) is 10.5 Å². The van der Waals surface area contributed by atoms with E-state index >= 15 is 0 Å². The maximum Gasteiger partial charge on any atom is 0.119 e. The highest BCUT2D eigenvalue weighted by Crippen LogP contribution is 2.24. The van der Waals surface area contributed by atoms with E-state index in [-0.39, 0.29) is 5.54 Å². The van der Waals surface area contributed by atoms with Crippen molar-refractivity contribution in [2.45, 2.75) is 58.5 Å². The molecular weight excluding hydrogens is 408 g/mol. The van der Waals surface area contributed by atoms with Gasteiger partial charge in [-0.25, -0.2) is 0 Å². The molecule has 0 unspecified atom stereocenters. The van der Waals surface area contributed by atoms with Crippen LogP contribution in [-0.4, -0.2) is 23.8 Å². The Kier molecular flexibility index (Phi) is 8.79. The van der Waals surface area contributed by atoms with E-state index in [1.54, 1.807) is 6.07 Å². The highest BCUT2D eigenvalue weighted by atomic mass is 16.5. The lowest BCUT2D eigenvalue weighted by Gasteiger charge is -2.23. The van der Waals surface area contributed by atoms with E-state index in [1.165, 1.54) is 41.6 Å². The van der Waals surface area contributed by atoms with Gasteiger partial charge in [0.05, 0.1) is 0 Å². The van der Waals surface area contributed by atoms with Crippen LogP contribution in [0.15, 0.2) is 72.8 Å². The molecule has 0 saturated heterocycles. The zero-order valence-corrected chi connectivity index (χ0v) is 20.3. The summed E-state index contributed by atoms with van der Waals surface area (Å²) in [6.07, 6.45) is 4.91. The van der Waals surface area contributed by atoms with Gasteiger partial charge in [0.2, 0.25) is 0 Å². The van der Waals surface area contributed by atoms with Crippen molar-refractivity contribution >= 4 is 5.69 Å². The van der Waals surface area contributed by atoms with Crippen LogP contribution < -0.4 is 15.4 Å². The van der Waals surface area contributed by atoms with Crippen LogP contribution in [0.1, 0.15) is 50.3 Å². The molecule has 4 rings (SSSR count). The van der Waals surface area contributed by atoms with Crippen LogP contribution in [0.5, 0.6) is 11.5 Å². The number of nitrogens with zero attached hydrogens (tertiary/aromatic N) is 1. The average molecular weight is 447 g/mol. The second-order valence-electron chi connectivity index (χ2n) is 9.43. The molecule has 176 valence electrons. The number of phenolic OH excluding ortho intramolecular Hbond substituents is 1. The quantitative estimate of drug-likeness (QED) is 0.460. The molecule has 0 atom stereocenters. The molecule has 0 saturated carbocycles. The van der Waals surface area contributed by atoms with Gasteiger partial charge in [0.15, 0.2) is 0 Å². The molecular formula is C29H38N2O2. The van der Waals surface area contributed by atoms with Crippen molar-refractivity contribution in [3.8, 4) is 11.5 Å². The molecule has 1 aliphatic rings. The molecule has 0 radical (unpaired) electrons. The van der Waals surface area contributed by atoms with Gasteiger partial charge in [0.1, 0.15) is 18.1 Å². The van der Waals surface area contributed by atoms with Crippen molar-refractivity contribution in [2.24, 2.45) is 5.73 Å². The topological polar surface area (TPSA) is 58.7 Å². The number of anilines is 1. The minimum Gasteiger partial charge on any atom is -0.508 e. The van der Waals surface area contributed by atoms with Crippen molar-refractivity contribution in [2.75, 3.05) is 18.1 Å². The fourth-order valence-corrected chi connectivity index (χ4v) is 3.93. The summed E-state index contributed by atoms with van der Waals surface area (Å²) in [7, 11) is 0. The lowest BCUT2D eigenvalue weighted by molar-refractivity contribution is 0.243. The van der Waals surface area contributed by atoms with Gasteiger partial charge in [-0.3, -0.25) is 0 Å². The summed E-state index contributed by atoms with van der Waals surface area (Å²) >= 11 is 0. The Labute approximate surface area is 199 Å². The van der Waals surface area contributed by atoms with Crippen molar-refractivity contribution in [1.82, 2.24) is 0 Å². The number of hydrogen-bond donors (Lipinski definition) is 2. The van der Waals surface area contributed by atoms with Crippen LogP contribution in [0.25, 0.3) is 0 Å². The molecule has 0 heterocycles. The Morgan fingerprint density at radius 2 is 1.58 bits per heavy atom. The van der Waals surface area contributed by atoms with Gasteiger partial charge in [0.25, 0.3) is 0 Å². The van der Waals surface area contributed by atoms with Gasteiger partial charge in [-0.2, -0.15) is 0 Å². The van der Waals surface area contributed by atoms with E-state index in [9.17, 15) is 5.11 Å². The molecule has 4 heteroatoms. The predicted octanol–water partition coefficient (Wildman–Crippen LogP) is 6.10. The highest BCUT2D eigenvalue weighted by molar-refractivity contribution is 5.46. The minimum absolute atomic E-state index is 0.314. The average Bonchev–Trinajstić information content (AvgIpc) is 2.82. The van der Waals surface area contributed by atoms with Crippen LogP contribution in [0.3, 0.4) is 0 Å². The van der Waals surface area contributed by atoms with Gasteiger partial charge in [-0.1, -0.05) is 36.4 Å². The summed E-state index contributed by atoms with van der Waals surface area (Å²) in [6, 6.07) is 24.5. The van der Waals surface area contributed by atoms with Crippen molar-refractivity contribution in [3.05, 3.63) is 89.5 Å². The number of aryl methyl sites for hydroxylation is 2. The number of hydrogen-bond acceptors (Lipinski definition) is 4. The molecule has 33 heavy (non-hydrogen) atoms. The number of aromatic hydroxyl groups is 1. The normalized spacial score (nSPS) is 12.8. The smallest absolute Gasteiger partial charge is 0.119 e. The summed E-state index contributed by atoms with van der Waals surface area (Å²) in [4.78, 5) is 2.35. The Morgan fingerprint density at radius 3 is 2.21 bits per heavy atom. The monoisotopic (exact) mass is 446 g/mol. The Morgan fingerprint density at radius 1 is 0.909 bits per heavy atom. The molecule has 3 N–H and O–H groups in total. The molecule has 4 nitrogen and oxygen atoms in total. The summed E-state index contributed by atoms with van der Waals surface area (Å²) in [5, 5.41) is 9.19. The van der Waals surface area contributed by atoms with Crippen LogP contribution in [0, 0.1) is 0 Å². The van der Waals surface area contributed by atoms with E-state index in [2.05, 4.69) is 48.2 Å². The molecule has 0 aromatic heterocycles. The lowest BCUT2D eigenvalue weighted by atomic mass is 9.92. The zero-order valence-electron chi connectivity index (χ0n) is 20.3. The molecule has 0 aliphatic heterocycles. The number of phenols is 1. The highest BCUT2D eigenvalue weighted by Gasteiger charge is 2.12. The van der Waals surface area contributed by atoms with Crippen molar-refractivity contribution in [1.29, 1.82) is 0 Å². The number of nitrogens with two attached hydrogens (primary N) is 1. The summed E-state index contributed by atoms with van der Waals surface area (Å²) in [5.74, 6) is 1.27. The maximum absolute atomic E-state index is 9.19. The van der Waals surface area contributed by atoms with Gasteiger partial charge in [0, 0.05) is 24.3 Å². The van der Waals surface area contributed by atoms with Crippen molar-refractivity contribution < 1.29 is 9.84 Å². The SMILES string of the molecule is CCN(Cc1ccc(OCC(C)(C)N)cc1)c1ccccc1.Oc1ccc2c(c1)CCCC2. The minimum atomic E-state index is -0.314. The van der Waals surface area contributed by atoms with Crippen molar-refractivity contribution in [3.63, 3.8) is 0 Å². The van der Waals surface area contributed by atoms with Gasteiger partial charge < -0.3 is 20.5 Å². The summed E-state index contributed by atoms with van der Waals surface area (Å²) in [5.41, 5.74) is 10.9. The number of rotatable bonds is 7. The molecule has 1 aliphatic carbocycles. The number of para-hydroxylation sites is 1. The number of fused-ring (bicyclic) bond motifs is 1. The molecule has 0 bridgehead atoms. The van der Waals surface area contributed by atoms with E-state index in [1.807, 2.05) is 44.2 Å². The van der Waals surface area contributed by atoms with Crippen LogP contribution in [0.4, 0.5) is 5.69 Å². The first-order chi connectivity index (χ1) is 15.8. The standard InChI is InChI=1S/C19H26N2O.C10H12O/c1-4-21(17-8-6-5-7-9-17)14-16-10-12-18(13-11-16)22-15-19(2,3)20;11-10-6-5-8-3-1-2-4-9(8)7-10/h5-13H,4,14-15,20H2,1-3H3;5-7,11H,1-4H2. The van der Waals surface area contributed by atoms with E-state index < -0.39 is 0 Å². The second kappa shape index (κ2) is 11.8. The summed E-state index contributed by atoms with van der Waals surface area (Å²) < 4.78 is 5.70. The van der Waals surface area contributed by atoms with Gasteiger partial charge in [-0.15, -0.1) is 0 Å². The third-order valence-electron chi connectivity index (χ3n) is 5.74. The Bertz CT molecular complexity index is 979. The first-order valence-electron chi connectivity index (χ1n) is 12.0. The maximum atomic E-state index is 9.19. The predicted molar refractivity (Wildman–Crippen MR) is 138 cm³/mol. The molecule has 0 amide bonds. The van der Waals surface area contributed by atoms with Crippen LogP contribution in [-0.2, 0) is 19.4 Å². The third kappa shape index (κ3) is 8.14. The second-order valence-corrected chi connectivity index (χ2v) is 9.43.